The summed E-state index contributed by atoms with van der Waals surface area (Å²) in [5, 5.41) is 9.24. The maximum absolute atomic E-state index is 14.8. The van der Waals surface area contributed by atoms with Crippen LogP contribution in [0.5, 0.6) is 11.5 Å². The van der Waals surface area contributed by atoms with Crippen LogP contribution in [0.4, 0.5) is 13.6 Å². The van der Waals surface area contributed by atoms with E-state index in [4.69, 9.17) is 19.3 Å². The normalized spacial score (nSPS) is 12.1. The van der Waals surface area contributed by atoms with Crippen molar-refractivity contribution in [2.45, 2.75) is 86.9 Å². The minimum atomic E-state index is -1.18. The molecule has 8 rings (SSSR count). The van der Waals surface area contributed by atoms with Crippen molar-refractivity contribution in [1.82, 2.24) is 48.1 Å². The highest BCUT2D eigenvalue weighted by molar-refractivity contribution is 5.93. The van der Waals surface area contributed by atoms with E-state index in [-0.39, 0.29) is 31.0 Å². The minimum Gasteiger partial charge on any atom is -0.492 e. The molecule has 0 N–H and O–H groups in total. The van der Waals surface area contributed by atoms with E-state index in [0.717, 1.165) is 56.2 Å². The average Bonchev–Trinajstić information content (AvgIpc) is 4.06. The maximum atomic E-state index is 14.8. The fraction of sp³-hybridized carbons (Fsp3) is 0.382. The molecule has 0 aliphatic heterocycles. The number of aromatic nitrogens is 8. The Bertz CT molecular complexity index is 3300. The molecule has 378 valence electrons. The maximum Gasteiger partial charge on any atom is 0.411 e. The molecule has 1 amide bonds. The third kappa shape index (κ3) is 11.1. The molecule has 0 atom stereocenters. The van der Waals surface area contributed by atoms with E-state index < -0.39 is 23.3 Å². The van der Waals surface area contributed by atoms with Gasteiger partial charge in [-0.1, -0.05) is 20.8 Å². The average molecular weight is 983 g/mol. The number of rotatable bonds is 18. The lowest BCUT2D eigenvalue weighted by Crippen LogP contribution is -2.41. The second-order valence-corrected chi connectivity index (χ2v) is 20.4. The minimum absolute atomic E-state index is 0.133. The molecule has 0 fully saturated rings. The molecule has 6 aromatic heterocycles. The van der Waals surface area contributed by atoms with Crippen LogP contribution in [0.25, 0.3) is 33.5 Å². The third-order valence-corrected chi connectivity index (χ3v) is 12.8. The number of Topliss-reactive ketones (excluding diaryl/α,β-unsaturated/α-hetero) is 1. The number of ether oxygens (including phenoxy) is 3. The van der Waals surface area contributed by atoms with Crippen LogP contribution in [0, 0.1) is 30.9 Å². The highest BCUT2D eigenvalue weighted by Crippen LogP contribution is 2.35. The van der Waals surface area contributed by atoms with Crippen LogP contribution in [0.3, 0.4) is 0 Å². The van der Waals surface area contributed by atoms with Crippen molar-refractivity contribution >= 4 is 23.2 Å². The molecule has 0 unspecified atom stereocenters. The van der Waals surface area contributed by atoms with Gasteiger partial charge in [-0.25, -0.2) is 23.5 Å². The van der Waals surface area contributed by atoms with E-state index in [9.17, 15) is 18.4 Å². The zero-order valence-corrected chi connectivity index (χ0v) is 43.3. The van der Waals surface area contributed by atoms with Gasteiger partial charge in [0.2, 0.25) is 0 Å². The molecular formula is C55H64F2N10O5. The smallest absolute Gasteiger partial charge is 0.411 e. The van der Waals surface area contributed by atoms with Gasteiger partial charge >= 0.3 is 6.09 Å². The highest BCUT2D eigenvalue weighted by Gasteiger charge is 2.35. The summed E-state index contributed by atoms with van der Waals surface area (Å²) in [4.78, 5) is 39.8. The van der Waals surface area contributed by atoms with E-state index in [1.807, 2.05) is 100 Å². The first kappa shape index (κ1) is 51.0. The van der Waals surface area contributed by atoms with Crippen LogP contribution in [0.15, 0.2) is 85.5 Å². The number of ketones is 1. The monoisotopic (exact) mass is 983 g/mol. The number of imidazole rings is 2. The molecule has 0 radical (unpaired) electrons. The Morgan fingerprint density at radius 3 is 1.69 bits per heavy atom. The van der Waals surface area contributed by atoms with Gasteiger partial charge in [-0.15, -0.1) is 0 Å². The summed E-state index contributed by atoms with van der Waals surface area (Å²) in [6, 6.07) is 16.6. The Hall–Kier alpha value is -7.40. The molecule has 2 aromatic carbocycles. The van der Waals surface area contributed by atoms with E-state index in [1.54, 1.807) is 39.6 Å². The van der Waals surface area contributed by atoms with Crippen molar-refractivity contribution in [2.75, 3.05) is 33.9 Å². The van der Waals surface area contributed by atoms with Crippen LogP contribution in [0.2, 0.25) is 0 Å². The van der Waals surface area contributed by atoms with Crippen molar-refractivity contribution in [3.05, 3.63) is 142 Å². The lowest BCUT2D eigenvalue weighted by molar-refractivity contribution is 0.000228. The Morgan fingerprint density at radius 2 is 1.18 bits per heavy atom. The summed E-state index contributed by atoms with van der Waals surface area (Å²) in [5.41, 5.74) is 9.09. The lowest BCUT2D eigenvalue weighted by atomic mass is 9.96. The second kappa shape index (κ2) is 20.4. The van der Waals surface area contributed by atoms with Gasteiger partial charge < -0.3 is 32.8 Å². The number of hydrogen-bond acceptors (Lipinski definition) is 10. The lowest BCUT2D eigenvalue weighted by Gasteiger charge is -2.33. The van der Waals surface area contributed by atoms with Crippen molar-refractivity contribution in [1.29, 1.82) is 0 Å². The molecule has 72 heavy (non-hydrogen) atoms. The number of halogens is 2. The summed E-state index contributed by atoms with van der Waals surface area (Å²) in [5.74, 6) is -0.254. The molecule has 0 saturated carbocycles. The molecule has 8 aromatic rings. The number of nitrogens with zero attached hydrogens (tertiary/aromatic N) is 10. The summed E-state index contributed by atoms with van der Waals surface area (Å²) in [6.45, 7) is 16.8. The second-order valence-electron chi connectivity index (χ2n) is 20.4. The number of amides is 1. The van der Waals surface area contributed by atoms with E-state index in [1.165, 1.54) is 31.2 Å². The number of fused-ring (bicyclic) bond motifs is 2. The number of carbonyl (C=O) groups excluding carboxylic acids is 2. The fourth-order valence-corrected chi connectivity index (χ4v) is 9.13. The number of hydrogen-bond donors (Lipinski definition) is 0. The Kier molecular flexibility index (Phi) is 14.4. The Labute approximate surface area is 419 Å². The molecule has 0 spiro atoms. The van der Waals surface area contributed by atoms with Crippen LogP contribution >= 0.6 is 0 Å². The summed E-state index contributed by atoms with van der Waals surface area (Å²) in [6.07, 6.45) is 7.77. The number of pyridine rings is 2. The molecule has 6 heterocycles. The van der Waals surface area contributed by atoms with E-state index in [2.05, 4.69) is 40.7 Å². The van der Waals surface area contributed by atoms with Gasteiger partial charge in [0.15, 0.2) is 11.4 Å². The first-order chi connectivity index (χ1) is 34.1. The van der Waals surface area contributed by atoms with Crippen LogP contribution in [-0.4, -0.2) is 93.9 Å². The van der Waals surface area contributed by atoms with Gasteiger partial charge in [-0.2, -0.15) is 10.2 Å². The number of carbonyl (C=O) groups is 2. The van der Waals surface area contributed by atoms with Gasteiger partial charge in [-0.3, -0.25) is 14.2 Å². The van der Waals surface area contributed by atoms with Crippen molar-refractivity contribution in [3.63, 3.8) is 0 Å². The Balaban J connectivity index is 1.00. The number of benzene rings is 2. The van der Waals surface area contributed by atoms with Crippen molar-refractivity contribution in [3.8, 4) is 33.8 Å². The summed E-state index contributed by atoms with van der Waals surface area (Å²) in [7, 11) is 7.65. The molecule has 17 heteroatoms. The molecular weight excluding hydrogens is 919 g/mol. The van der Waals surface area contributed by atoms with E-state index in [0.29, 0.717) is 60.0 Å². The predicted octanol–water partition coefficient (Wildman–Crippen LogP) is 10.1. The summed E-state index contributed by atoms with van der Waals surface area (Å²) < 4.78 is 56.1. The fourth-order valence-electron chi connectivity index (χ4n) is 9.13. The van der Waals surface area contributed by atoms with Crippen molar-refractivity contribution < 1.29 is 32.6 Å². The first-order valence-electron chi connectivity index (χ1n) is 24.0. The van der Waals surface area contributed by atoms with Crippen molar-refractivity contribution in [2.24, 2.45) is 19.5 Å². The highest BCUT2D eigenvalue weighted by atomic mass is 19.1. The number of aryl methyl sites for hydroxylation is 2. The van der Waals surface area contributed by atoms with Crippen LogP contribution in [0.1, 0.15) is 91.6 Å². The summed E-state index contributed by atoms with van der Waals surface area (Å²) >= 11 is 0. The van der Waals surface area contributed by atoms with Gasteiger partial charge in [0.1, 0.15) is 45.8 Å². The predicted molar refractivity (Wildman–Crippen MR) is 272 cm³/mol. The Morgan fingerprint density at radius 1 is 0.681 bits per heavy atom. The third-order valence-electron chi connectivity index (χ3n) is 12.8. The van der Waals surface area contributed by atoms with Gasteiger partial charge in [-0.05, 0) is 95.7 Å². The molecule has 0 aliphatic rings. The van der Waals surface area contributed by atoms with Crippen LogP contribution < -0.4 is 9.47 Å². The van der Waals surface area contributed by atoms with Crippen LogP contribution in [-0.2, 0) is 50.4 Å². The molecule has 0 aliphatic carbocycles. The first-order valence-corrected chi connectivity index (χ1v) is 24.0. The zero-order valence-electron chi connectivity index (χ0n) is 43.3. The zero-order chi connectivity index (χ0) is 51.8. The topological polar surface area (TPSA) is 139 Å². The quantitative estimate of drug-likeness (QED) is 0.0764. The molecule has 0 bridgehead atoms. The van der Waals surface area contributed by atoms with E-state index >= 15 is 0 Å². The molecule has 0 saturated heterocycles. The van der Waals surface area contributed by atoms with Gasteiger partial charge in [0, 0.05) is 116 Å². The van der Waals surface area contributed by atoms with Gasteiger partial charge in [0.25, 0.3) is 0 Å². The molecule has 15 nitrogen and oxygen atoms in total. The standard InChI is InChI=1S/C55H64F2N10O5/c1-34-43(51(36(3)68)60-63(34)11)21-23-70-47-25-39(56)16-18-46(47)38-14-20-50-59-28-42(67(50)30-38)32-65(33-54(4,5)6)53(69)72-55(7,8)52-44(35(2)64(12)61-52)22-24-71-48-26-40(57)15-17-45(48)37-13-19-49-58-27-41(31-62(9)10)66(49)29-37/h13-20,25-30H,21-24,31-33H2,1-12H3. The largest absolute Gasteiger partial charge is 0.492 e. The SMILES string of the molecule is CC(=O)c1nn(C)c(C)c1CCOc1cc(F)ccc1-c1ccc2ncc(CN(CC(C)(C)C)C(=O)OC(C)(C)c3nn(C)c(C)c3CCOc3cc(F)ccc3-c3ccc4ncc(CN(C)C)n4c3)n2c1. The van der Waals surface area contributed by atoms with Gasteiger partial charge in [0.05, 0.1) is 43.5 Å².